The van der Waals surface area contributed by atoms with Crippen molar-refractivity contribution in [2.75, 3.05) is 60.0 Å². The van der Waals surface area contributed by atoms with Gasteiger partial charge in [-0.3, -0.25) is 9.69 Å². The SMILES string of the molecule is CC(NC(=NCC(=O)N(C)C)NCCCN1CCOCC1)c1cccc(Cl)c1.I. The molecule has 0 aromatic heterocycles. The number of halogens is 2. The molecule has 1 saturated heterocycles. The minimum Gasteiger partial charge on any atom is -0.379 e. The van der Waals surface area contributed by atoms with Gasteiger partial charge in [0.25, 0.3) is 0 Å². The fourth-order valence-electron chi connectivity index (χ4n) is 2.84. The van der Waals surface area contributed by atoms with E-state index in [1.165, 1.54) is 0 Å². The van der Waals surface area contributed by atoms with Gasteiger partial charge in [-0.05, 0) is 37.6 Å². The van der Waals surface area contributed by atoms with Gasteiger partial charge in [0.1, 0.15) is 6.54 Å². The van der Waals surface area contributed by atoms with Gasteiger partial charge in [-0.2, -0.15) is 0 Å². The zero-order chi connectivity index (χ0) is 20.4. The highest BCUT2D eigenvalue weighted by Gasteiger charge is 2.12. The van der Waals surface area contributed by atoms with Crippen molar-refractivity contribution in [3.8, 4) is 0 Å². The van der Waals surface area contributed by atoms with Crippen LogP contribution in [0.25, 0.3) is 0 Å². The molecule has 1 unspecified atom stereocenters. The molecule has 1 amide bonds. The Morgan fingerprint density at radius 2 is 2.07 bits per heavy atom. The second kappa shape index (κ2) is 14.0. The molecule has 1 atom stereocenters. The number of amides is 1. The summed E-state index contributed by atoms with van der Waals surface area (Å²) in [6.07, 6.45) is 0.994. The summed E-state index contributed by atoms with van der Waals surface area (Å²) in [6, 6.07) is 7.74. The first-order valence-electron chi connectivity index (χ1n) is 9.76. The molecule has 7 nitrogen and oxygen atoms in total. The summed E-state index contributed by atoms with van der Waals surface area (Å²) >= 11 is 6.10. The van der Waals surface area contributed by atoms with Crippen LogP contribution in [0.3, 0.4) is 0 Å². The highest BCUT2D eigenvalue weighted by Crippen LogP contribution is 2.17. The van der Waals surface area contributed by atoms with E-state index in [9.17, 15) is 4.79 Å². The number of nitrogens with zero attached hydrogens (tertiary/aromatic N) is 3. The number of hydrogen-bond acceptors (Lipinski definition) is 4. The molecule has 1 aliphatic rings. The quantitative estimate of drug-likeness (QED) is 0.231. The smallest absolute Gasteiger partial charge is 0.243 e. The van der Waals surface area contributed by atoms with E-state index in [-0.39, 0.29) is 42.5 Å². The van der Waals surface area contributed by atoms with Crippen molar-refractivity contribution in [3.63, 3.8) is 0 Å². The van der Waals surface area contributed by atoms with E-state index in [1.807, 2.05) is 31.2 Å². The van der Waals surface area contributed by atoms with Crippen molar-refractivity contribution in [2.24, 2.45) is 4.99 Å². The third kappa shape index (κ3) is 9.97. The lowest BCUT2D eigenvalue weighted by Crippen LogP contribution is -2.42. The summed E-state index contributed by atoms with van der Waals surface area (Å²) in [5, 5.41) is 7.42. The van der Waals surface area contributed by atoms with Gasteiger partial charge >= 0.3 is 0 Å². The van der Waals surface area contributed by atoms with Crippen LogP contribution in [0.15, 0.2) is 29.3 Å². The highest BCUT2D eigenvalue weighted by molar-refractivity contribution is 14.0. The molecule has 9 heteroatoms. The van der Waals surface area contributed by atoms with Gasteiger partial charge in [0.05, 0.1) is 19.3 Å². The normalized spacial score (nSPS) is 15.9. The fourth-order valence-corrected chi connectivity index (χ4v) is 3.04. The Labute approximate surface area is 196 Å². The molecular formula is C20H33ClIN5O2. The lowest BCUT2D eigenvalue weighted by atomic mass is 10.1. The van der Waals surface area contributed by atoms with E-state index < -0.39 is 0 Å². The van der Waals surface area contributed by atoms with Crippen LogP contribution in [-0.4, -0.2) is 81.7 Å². The minimum atomic E-state index is -0.0372. The Hall–Kier alpha value is -1.10. The number of nitrogens with one attached hydrogen (secondary N) is 2. The van der Waals surface area contributed by atoms with Crippen LogP contribution in [0.1, 0.15) is 24.9 Å². The maximum atomic E-state index is 11.9. The molecule has 1 aliphatic heterocycles. The number of aliphatic imine (C=N–C) groups is 1. The summed E-state index contributed by atoms with van der Waals surface area (Å²) < 4.78 is 5.38. The van der Waals surface area contributed by atoms with Crippen LogP contribution in [0, 0.1) is 0 Å². The summed E-state index contributed by atoms with van der Waals surface area (Å²) in [6.45, 7) is 7.55. The average molecular weight is 538 g/mol. The van der Waals surface area contributed by atoms with Crippen molar-refractivity contribution in [1.82, 2.24) is 20.4 Å². The van der Waals surface area contributed by atoms with E-state index >= 15 is 0 Å². The number of likely N-dealkylation sites (N-methyl/N-ethyl adjacent to an activating group) is 1. The van der Waals surface area contributed by atoms with Crippen molar-refractivity contribution in [3.05, 3.63) is 34.9 Å². The molecule has 2 rings (SSSR count). The summed E-state index contributed by atoms with van der Waals surface area (Å²) in [5.41, 5.74) is 1.06. The second-order valence-corrected chi connectivity index (χ2v) is 7.54. The molecule has 29 heavy (non-hydrogen) atoms. The van der Waals surface area contributed by atoms with E-state index in [0.29, 0.717) is 11.0 Å². The Bertz CT molecular complexity index is 654. The van der Waals surface area contributed by atoms with Crippen LogP contribution < -0.4 is 10.6 Å². The van der Waals surface area contributed by atoms with Crippen molar-refractivity contribution >= 4 is 47.4 Å². The number of carbonyl (C=O) groups is 1. The van der Waals surface area contributed by atoms with Gasteiger partial charge < -0.3 is 20.3 Å². The predicted octanol–water partition coefficient (Wildman–Crippen LogP) is 2.36. The van der Waals surface area contributed by atoms with Gasteiger partial charge in [-0.15, -0.1) is 24.0 Å². The zero-order valence-electron chi connectivity index (χ0n) is 17.5. The molecule has 1 fully saturated rings. The number of carbonyl (C=O) groups excluding carboxylic acids is 1. The molecule has 1 aromatic rings. The number of guanidine groups is 1. The molecule has 0 bridgehead atoms. The second-order valence-electron chi connectivity index (χ2n) is 7.11. The van der Waals surface area contributed by atoms with Crippen LogP contribution in [0.4, 0.5) is 0 Å². The van der Waals surface area contributed by atoms with Crippen molar-refractivity contribution in [2.45, 2.75) is 19.4 Å². The standard InChI is InChI=1S/C20H32ClN5O2.HI/c1-16(17-6-4-7-18(21)14-17)24-20(23-15-19(27)25(2)3)22-8-5-9-26-10-12-28-13-11-26;/h4,6-7,14,16H,5,8-13,15H2,1-3H3,(H2,22,23,24);1H. The Balaban J connectivity index is 0.00000420. The largest absolute Gasteiger partial charge is 0.379 e. The lowest BCUT2D eigenvalue weighted by molar-refractivity contribution is -0.127. The van der Waals surface area contributed by atoms with Gasteiger partial charge in [0, 0.05) is 38.8 Å². The number of morpholine rings is 1. The Morgan fingerprint density at radius 3 is 2.72 bits per heavy atom. The monoisotopic (exact) mass is 537 g/mol. The van der Waals surface area contributed by atoms with Crippen LogP contribution >= 0.6 is 35.6 Å². The molecule has 164 valence electrons. The maximum absolute atomic E-state index is 11.9. The summed E-state index contributed by atoms with van der Waals surface area (Å²) in [7, 11) is 3.46. The molecular weight excluding hydrogens is 505 g/mol. The third-order valence-electron chi connectivity index (χ3n) is 4.62. The van der Waals surface area contributed by atoms with Crippen molar-refractivity contribution < 1.29 is 9.53 Å². The molecule has 0 aliphatic carbocycles. The number of hydrogen-bond donors (Lipinski definition) is 2. The van der Waals surface area contributed by atoms with Crippen LogP contribution in [0.2, 0.25) is 5.02 Å². The molecule has 1 aromatic carbocycles. The molecule has 0 spiro atoms. The first-order valence-corrected chi connectivity index (χ1v) is 10.1. The molecule has 1 heterocycles. The molecule has 0 radical (unpaired) electrons. The maximum Gasteiger partial charge on any atom is 0.243 e. The van der Waals surface area contributed by atoms with E-state index in [2.05, 4.69) is 20.5 Å². The minimum absolute atomic E-state index is 0. The summed E-state index contributed by atoms with van der Waals surface area (Å²) in [4.78, 5) is 20.3. The van der Waals surface area contributed by atoms with Gasteiger partial charge in [0.15, 0.2) is 5.96 Å². The van der Waals surface area contributed by atoms with Crippen LogP contribution in [-0.2, 0) is 9.53 Å². The van der Waals surface area contributed by atoms with Gasteiger partial charge in [0.2, 0.25) is 5.91 Å². The molecule has 0 saturated carbocycles. The number of ether oxygens (including phenoxy) is 1. The zero-order valence-corrected chi connectivity index (χ0v) is 20.6. The highest BCUT2D eigenvalue weighted by atomic mass is 127. The third-order valence-corrected chi connectivity index (χ3v) is 4.86. The van der Waals surface area contributed by atoms with E-state index in [4.69, 9.17) is 16.3 Å². The fraction of sp³-hybridized carbons (Fsp3) is 0.600. The Kier molecular flexibility index (Phi) is 12.5. The summed E-state index contributed by atoms with van der Waals surface area (Å²) in [5.74, 6) is 0.592. The van der Waals surface area contributed by atoms with E-state index in [0.717, 1.165) is 51.4 Å². The first kappa shape index (κ1) is 25.9. The van der Waals surface area contributed by atoms with Gasteiger partial charge in [-0.25, -0.2) is 4.99 Å². The predicted molar refractivity (Wildman–Crippen MR) is 129 cm³/mol. The topological polar surface area (TPSA) is 69.2 Å². The van der Waals surface area contributed by atoms with Crippen LogP contribution in [0.5, 0.6) is 0 Å². The van der Waals surface area contributed by atoms with Gasteiger partial charge in [-0.1, -0.05) is 23.7 Å². The number of rotatable bonds is 8. The average Bonchev–Trinajstić information content (AvgIpc) is 2.69. The Morgan fingerprint density at radius 1 is 1.34 bits per heavy atom. The van der Waals surface area contributed by atoms with E-state index in [1.54, 1.807) is 19.0 Å². The first-order chi connectivity index (χ1) is 13.5. The number of benzene rings is 1. The van der Waals surface area contributed by atoms with Crippen molar-refractivity contribution in [1.29, 1.82) is 0 Å². The molecule has 2 N–H and O–H groups in total. The lowest BCUT2D eigenvalue weighted by Gasteiger charge is -2.26.